The van der Waals surface area contributed by atoms with Gasteiger partial charge in [0.15, 0.2) is 5.78 Å². The highest BCUT2D eigenvalue weighted by molar-refractivity contribution is 9.10. The van der Waals surface area contributed by atoms with Gasteiger partial charge in [-0.2, -0.15) is 0 Å². The van der Waals surface area contributed by atoms with Crippen LogP contribution in [-0.4, -0.2) is 11.7 Å². The molecule has 0 spiro atoms. The van der Waals surface area contributed by atoms with Crippen molar-refractivity contribution in [3.8, 4) is 0 Å². The van der Waals surface area contributed by atoms with Crippen molar-refractivity contribution in [1.29, 1.82) is 0 Å². The average molecular weight is 346 g/mol. The van der Waals surface area contributed by atoms with E-state index in [0.717, 1.165) is 15.6 Å². The van der Waals surface area contributed by atoms with Crippen LogP contribution in [0.15, 0.2) is 53.0 Å². The minimum Gasteiger partial charge on any atom is -0.352 e. The maximum absolute atomic E-state index is 12.3. The molecule has 0 aliphatic rings. The second kappa shape index (κ2) is 7.18. The maximum Gasteiger partial charge on any atom is 0.217 e. The molecule has 3 nitrogen and oxygen atoms in total. The van der Waals surface area contributed by atoms with Gasteiger partial charge in [-0.05, 0) is 23.3 Å². The smallest absolute Gasteiger partial charge is 0.217 e. The van der Waals surface area contributed by atoms with Crippen LogP contribution in [0.3, 0.4) is 0 Å². The van der Waals surface area contributed by atoms with Crippen molar-refractivity contribution in [3.63, 3.8) is 0 Å². The van der Waals surface area contributed by atoms with Gasteiger partial charge in [-0.1, -0.05) is 52.3 Å². The number of ketones is 1. The van der Waals surface area contributed by atoms with Crippen molar-refractivity contribution >= 4 is 27.6 Å². The fourth-order valence-corrected chi connectivity index (χ4v) is 2.46. The van der Waals surface area contributed by atoms with Crippen LogP contribution in [0, 0.1) is 0 Å². The Labute approximate surface area is 132 Å². The molecule has 0 fully saturated rings. The molecule has 0 atom stereocenters. The van der Waals surface area contributed by atoms with Crippen LogP contribution in [0.4, 0.5) is 0 Å². The van der Waals surface area contributed by atoms with Gasteiger partial charge in [-0.15, -0.1) is 0 Å². The summed E-state index contributed by atoms with van der Waals surface area (Å²) in [5.41, 5.74) is 2.58. The summed E-state index contributed by atoms with van der Waals surface area (Å²) in [6.07, 6.45) is 0.318. The van der Waals surface area contributed by atoms with Gasteiger partial charge in [0.05, 0.1) is 0 Å². The summed E-state index contributed by atoms with van der Waals surface area (Å²) in [6.45, 7) is 1.91. The van der Waals surface area contributed by atoms with Gasteiger partial charge in [0.1, 0.15) is 0 Å². The van der Waals surface area contributed by atoms with E-state index in [2.05, 4.69) is 21.2 Å². The van der Waals surface area contributed by atoms with Crippen LogP contribution in [0.1, 0.15) is 28.4 Å². The maximum atomic E-state index is 12.3. The summed E-state index contributed by atoms with van der Waals surface area (Å²) in [5, 5.41) is 2.77. The highest BCUT2D eigenvalue weighted by Gasteiger charge is 2.11. The van der Waals surface area contributed by atoms with Gasteiger partial charge in [0, 0.05) is 29.9 Å². The first-order valence-electron chi connectivity index (χ1n) is 6.66. The molecule has 0 unspecified atom stereocenters. The Morgan fingerprint density at radius 1 is 1.05 bits per heavy atom. The molecule has 0 saturated heterocycles. The Bertz CT molecular complexity index is 653. The first-order chi connectivity index (χ1) is 10.1. The van der Waals surface area contributed by atoms with Crippen molar-refractivity contribution in [2.75, 3.05) is 0 Å². The predicted octanol–water partition coefficient (Wildman–Crippen LogP) is 3.51. The first kappa shape index (κ1) is 15.4. The standard InChI is InChI=1S/C17H16BrNO2/c1-12(20)19-11-14-7-8-16(18)9-15(14)10-17(21)13-5-3-2-4-6-13/h2-9H,10-11H2,1H3,(H,19,20). The lowest BCUT2D eigenvalue weighted by molar-refractivity contribution is -0.119. The number of nitrogens with one attached hydrogen (secondary N) is 1. The molecule has 21 heavy (non-hydrogen) atoms. The Morgan fingerprint density at radius 3 is 2.43 bits per heavy atom. The molecule has 2 aromatic carbocycles. The van der Waals surface area contributed by atoms with Crippen LogP contribution in [-0.2, 0) is 17.8 Å². The molecule has 2 aromatic rings. The Kier molecular flexibility index (Phi) is 5.28. The quantitative estimate of drug-likeness (QED) is 0.842. The summed E-state index contributed by atoms with van der Waals surface area (Å²) in [6, 6.07) is 15.0. The molecule has 0 heterocycles. The molecular formula is C17H16BrNO2. The lowest BCUT2D eigenvalue weighted by Gasteiger charge is -2.10. The normalized spacial score (nSPS) is 10.2. The van der Waals surface area contributed by atoms with E-state index in [1.54, 1.807) is 0 Å². The zero-order chi connectivity index (χ0) is 15.2. The van der Waals surface area contributed by atoms with E-state index in [1.807, 2.05) is 48.5 Å². The molecule has 2 rings (SSSR count). The van der Waals surface area contributed by atoms with Gasteiger partial charge in [-0.25, -0.2) is 0 Å². The number of carbonyl (C=O) groups is 2. The van der Waals surface area contributed by atoms with Crippen molar-refractivity contribution in [2.24, 2.45) is 0 Å². The zero-order valence-electron chi connectivity index (χ0n) is 11.7. The fourth-order valence-electron chi connectivity index (χ4n) is 2.05. The van der Waals surface area contributed by atoms with Crippen LogP contribution < -0.4 is 5.32 Å². The van der Waals surface area contributed by atoms with E-state index in [1.165, 1.54) is 6.92 Å². The molecule has 1 amide bonds. The molecule has 0 aromatic heterocycles. The fraction of sp³-hybridized carbons (Fsp3) is 0.176. The number of carbonyl (C=O) groups excluding carboxylic acids is 2. The molecule has 0 aliphatic heterocycles. The zero-order valence-corrected chi connectivity index (χ0v) is 13.3. The Hall–Kier alpha value is -1.94. The number of benzene rings is 2. The lowest BCUT2D eigenvalue weighted by atomic mass is 9.99. The lowest BCUT2D eigenvalue weighted by Crippen LogP contribution is -2.20. The van der Waals surface area contributed by atoms with Crippen LogP contribution >= 0.6 is 15.9 Å². The van der Waals surface area contributed by atoms with E-state index in [4.69, 9.17) is 0 Å². The summed E-state index contributed by atoms with van der Waals surface area (Å²) >= 11 is 3.42. The van der Waals surface area contributed by atoms with Crippen LogP contribution in [0.2, 0.25) is 0 Å². The highest BCUT2D eigenvalue weighted by Crippen LogP contribution is 2.19. The van der Waals surface area contributed by atoms with Crippen LogP contribution in [0.5, 0.6) is 0 Å². The molecule has 108 valence electrons. The van der Waals surface area contributed by atoms with Gasteiger partial charge in [0.2, 0.25) is 5.91 Å². The molecule has 1 N–H and O–H groups in total. The van der Waals surface area contributed by atoms with E-state index in [-0.39, 0.29) is 11.7 Å². The third-order valence-electron chi connectivity index (χ3n) is 3.14. The van der Waals surface area contributed by atoms with Gasteiger partial charge >= 0.3 is 0 Å². The molecule has 0 aliphatic carbocycles. The number of amides is 1. The third-order valence-corrected chi connectivity index (χ3v) is 3.64. The number of hydrogen-bond acceptors (Lipinski definition) is 2. The van der Waals surface area contributed by atoms with Crippen molar-refractivity contribution < 1.29 is 9.59 Å². The first-order valence-corrected chi connectivity index (χ1v) is 7.45. The second-order valence-electron chi connectivity index (χ2n) is 4.79. The second-order valence-corrected chi connectivity index (χ2v) is 5.70. The van der Waals surface area contributed by atoms with Gasteiger partial charge in [-0.3, -0.25) is 9.59 Å². The molecule has 0 bridgehead atoms. The van der Waals surface area contributed by atoms with Crippen LogP contribution in [0.25, 0.3) is 0 Å². The van der Waals surface area contributed by atoms with Crippen molar-refractivity contribution in [1.82, 2.24) is 5.32 Å². The minimum atomic E-state index is -0.0849. The van der Waals surface area contributed by atoms with E-state index in [0.29, 0.717) is 18.5 Å². The van der Waals surface area contributed by atoms with Gasteiger partial charge < -0.3 is 5.32 Å². The summed E-state index contributed by atoms with van der Waals surface area (Å²) in [4.78, 5) is 23.4. The Balaban J connectivity index is 2.20. The van der Waals surface area contributed by atoms with E-state index >= 15 is 0 Å². The largest absolute Gasteiger partial charge is 0.352 e. The molecule has 0 radical (unpaired) electrons. The number of hydrogen-bond donors (Lipinski definition) is 1. The minimum absolute atomic E-state index is 0.0674. The summed E-state index contributed by atoms with van der Waals surface area (Å²) < 4.78 is 0.921. The van der Waals surface area contributed by atoms with E-state index < -0.39 is 0 Å². The predicted molar refractivity (Wildman–Crippen MR) is 86.1 cm³/mol. The summed E-state index contributed by atoms with van der Waals surface area (Å²) in [5.74, 6) is -0.0176. The summed E-state index contributed by atoms with van der Waals surface area (Å²) in [7, 11) is 0. The molecule has 4 heteroatoms. The monoisotopic (exact) mass is 345 g/mol. The van der Waals surface area contributed by atoms with Crippen molar-refractivity contribution in [2.45, 2.75) is 19.9 Å². The SMILES string of the molecule is CC(=O)NCc1ccc(Br)cc1CC(=O)c1ccccc1. The molecule has 0 saturated carbocycles. The number of Topliss-reactive ketones (excluding diaryl/α,β-unsaturated/α-hetero) is 1. The highest BCUT2D eigenvalue weighted by atomic mass is 79.9. The Morgan fingerprint density at radius 2 is 1.76 bits per heavy atom. The van der Waals surface area contributed by atoms with Gasteiger partial charge in [0.25, 0.3) is 0 Å². The number of halogens is 1. The average Bonchev–Trinajstić information content (AvgIpc) is 2.47. The number of rotatable bonds is 5. The molecular weight excluding hydrogens is 330 g/mol. The third kappa shape index (κ3) is 4.53. The van der Waals surface area contributed by atoms with E-state index in [9.17, 15) is 9.59 Å². The van der Waals surface area contributed by atoms with Crippen molar-refractivity contribution in [3.05, 3.63) is 69.7 Å². The topological polar surface area (TPSA) is 46.2 Å².